The summed E-state index contributed by atoms with van der Waals surface area (Å²) in [5.74, 6) is -0.284. The molecule has 0 unspecified atom stereocenters. The first-order chi connectivity index (χ1) is 11.4. The molecule has 0 radical (unpaired) electrons. The number of benzene rings is 1. The van der Waals surface area contributed by atoms with Gasteiger partial charge in [0.05, 0.1) is 0 Å². The third kappa shape index (κ3) is 2.66. The molecule has 0 spiro atoms. The van der Waals surface area contributed by atoms with Gasteiger partial charge < -0.3 is 4.98 Å². The average molecular weight is 364 g/mol. The SMILES string of the molecule is Cc1ccc(S(=O)(=O)NCC2(c3c[nH]c4ccc(F)cc34)CC2)s1. The summed E-state index contributed by atoms with van der Waals surface area (Å²) in [6.07, 6.45) is 3.66. The van der Waals surface area contributed by atoms with E-state index in [0.29, 0.717) is 10.8 Å². The molecule has 126 valence electrons. The molecule has 2 heterocycles. The number of fused-ring (bicyclic) bond motifs is 1. The number of H-pyrrole nitrogens is 1. The molecule has 0 amide bonds. The van der Waals surface area contributed by atoms with Gasteiger partial charge in [-0.05, 0) is 55.7 Å². The Morgan fingerprint density at radius 2 is 2.08 bits per heavy atom. The molecule has 1 fully saturated rings. The molecule has 0 atom stereocenters. The first-order valence-corrected chi connectivity index (χ1v) is 10.0. The van der Waals surface area contributed by atoms with Crippen LogP contribution in [0, 0.1) is 12.7 Å². The second-order valence-electron chi connectivity index (χ2n) is 6.36. The highest BCUT2D eigenvalue weighted by Gasteiger charge is 2.46. The minimum atomic E-state index is -3.50. The first-order valence-electron chi connectivity index (χ1n) is 7.73. The highest BCUT2D eigenvalue weighted by atomic mass is 32.2. The number of aromatic nitrogens is 1. The fraction of sp³-hybridized carbons (Fsp3) is 0.294. The maximum Gasteiger partial charge on any atom is 0.250 e. The highest BCUT2D eigenvalue weighted by Crippen LogP contribution is 2.50. The predicted octanol–water partition coefficient (Wildman–Crippen LogP) is 3.69. The van der Waals surface area contributed by atoms with Gasteiger partial charge in [0.15, 0.2) is 0 Å². The number of rotatable bonds is 5. The van der Waals surface area contributed by atoms with Gasteiger partial charge in [-0.15, -0.1) is 11.3 Å². The lowest BCUT2D eigenvalue weighted by Crippen LogP contribution is -2.31. The molecule has 7 heteroatoms. The number of hydrogen-bond donors (Lipinski definition) is 2. The molecule has 4 rings (SSSR count). The summed E-state index contributed by atoms with van der Waals surface area (Å²) in [7, 11) is -3.50. The molecule has 2 aromatic heterocycles. The number of nitrogens with one attached hydrogen (secondary N) is 2. The van der Waals surface area contributed by atoms with Crippen molar-refractivity contribution in [3.63, 3.8) is 0 Å². The predicted molar refractivity (Wildman–Crippen MR) is 93.4 cm³/mol. The Labute approximate surface area is 143 Å². The van der Waals surface area contributed by atoms with Crippen LogP contribution in [0.3, 0.4) is 0 Å². The van der Waals surface area contributed by atoms with Crippen molar-refractivity contribution in [1.29, 1.82) is 0 Å². The lowest BCUT2D eigenvalue weighted by Gasteiger charge is -2.15. The first kappa shape index (κ1) is 15.8. The minimum absolute atomic E-state index is 0.245. The van der Waals surface area contributed by atoms with E-state index in [9.17, 15) is 12.8 Å². The number of thiophene rings is 1. The van der Waals surface area contributed by atoms with Crippen molar-refractivity contribution >= 4 is 32.3 Å². The van der Waals surface area contributed by atoms with Gasteiger partial charge in [0.1, 0.15) is 10.0 Å². The Morgan fingerprint density at radius 1 is 1.29 bits per heavy atom. The van der Waals surface area contributed by atoms with Crippen molar-refractivity contribution < 1.29 is 12.8 Å². The van der Waals surface area contributed by atoms with E-state index in [2.05, 4.69) is 9.71 Å². The van der Waals surface area contributed by atoms with Crippen LogP contribution < -0.4 is 4.72 Å². The summed E-state index contributed by atoms with van der Waals surface area (Å²) in [4.78, 5) is 4.11. The molecule has 0 aliphatic heterocycles. The average Bonchev–Trinajstić information content (AvgIpc) is 2.98. The van der Waals surface area contributed by atoms with Gasteiger partial charge in [-0.25, -0.2) is 17.5 Å². The molecule has 0 bridgehead atoms. The van der Waals surface area contributed by atoms with E-state index < -0.39 is 10.0 Å². The van der Waals surface area contributed by atoms with Gasteiger partial charge in [-0.3, -0.25) is 0 Å². The van der Waals surface area contributed by atoms with E-state index in [0.717, 1.165) is 34.2 Å². The Hall–Kier alpha value is -1.70. The van der Waals surface area contributed by atoms with Crippen LogP contribution in [0.25, 0.3) is 10.9 Å². The van der Waals surface area contributed by atoms with Crippen molar-refractivity contribution in [2.24, 2.45) is 0 Å². The summed E-state index contributed by atoms with van der Waals surface area (Å²) in [6.45, 7) is 2.21. The van der Waals surface area contributed by atoms with Gasteiger partial charge in [-0.1, -0.05) is 0 Å². The zero-order valence-corrected chi connectivity index (χ0v) is 14.7. The third-order valence-corrected chi connectivity index (χ3v) is 7.54. The van der Waals surface area contributed by atoms with Crippen LogP contribution in [0.5, 0.6) is 0 Å². The quantitative estimate of drug-likeness (QED) is 0.725. The van der Waals surface area contributed by atoms with Gasteiger partial charge in [0.2, 0.25) is 10.0 Å². The van der Waals surface area contributed by atoms with Crippen molar-refractivity contribution in [2.45, 2.75) is 29.4 Å². The molecular weight excluding hydrogens is 347 g/mol. The molecule has 0 saturated heterocycles. The summed E-state index contributed by atoms with van der Waals surface area (Å²) >= 11 is 1.26. The maximum absolute atomic E-state index is 13.6. The molecule has 1 aliphatic rings. The molecule has 2 N–H and O–H groups in total. The Balaban J connectivity index is 1.61. The molecule has 24 heavy (non-hydrogen) atoms. The molecule has 1 aromatic carbocycles. The molecule has 1 saturated carbocycles. The van der Waals surface area contributed by atoms with E-state index >= 15 is 0 Å². The maximum atomic E-state index is 13.6. The third-order valence-electron chi connectivity index (χ3n) is 4.65. The fourth-order valence-electron chi connectivity index (χ4n) is 3.08. The van der Waals surface area contributed by atoms with Crippen LogP contribution in [-0.4, -0.2) is 19.9 Å². The fourth-order valence-corrected chi connectivity index (χ4v) is 5.54. The minimum Gasteiger partial charge on any atom is -0.361 e. The molecule has 4 nitrogen and oxygen atoms in total. The van der Waals surface area contributed by atoms with E-state index in [1.165, 1.54) is 23.5 Å². The molecule has 3 aromatic rings. The Kier molecular flexibility index (Phi) is 3.56. The normalized spacial score (nSPS) is 16.6. The van der Waals surface area contributed by atoms with Crippen molar-refractivity contribution in [3.05, 3.63) is 52.8 Å². The largest absolute Gasteiger partial charge is 0.361 e. The summed E-state index contributed by atoms with van der Waals surface area (Å²) in [6, 6.07) is 8.07. The summed E-state index contributed by atoms with van der Waals surface area (Å²) in [5.41, 5.74) is 1.61. The topological polar surface area (TPSA) is 62.0 Å². The van der Waals surface area contributed by atoms with Gasteiger partial charge in [0, 0.05) is 33.9 Å². The molecular formula is C17H17FN2O2S2. The van der Waals surface area contributed by atoms with Crippen LogP contribution in [0.15, 0.2) is 40.7 Å². The second kappa shape index (κ2) is 5.40. The standard InChI is InChI=1S/C17H17FN2O2S2/c1-11-2-5-16(23-11)24(21,22)20-10-17(6-7-17)14-9-19-15-4-3-12(18)8-13(14)15/h2-5,8-9,19-20H,6-7,10H2,1H3. The Bertz CT molecular complexity index is 1020. The highest BCUT2D eigenvalue weighted by molar-refractivity contribution is 7.91. The lowest BCUT2D eigenvalue weighted by atomic mass is 9.96. The number of sulfonamides is 1. The summed E-state index contributed by atoms with van der Waals surface area (Å²) < 4.78 is 41.5. The second-order valence-corrected chi connectivity index (χ2v) is 9.64. The van der Waals surface area contributed by atoms with Crippen LogP contribution in [0.1, 0.15) is 23.3 Å². The van der Waals surface area contributed by atoms with Crippen LogP contribution in [0.2, 0.25) is 0 Å². The lowest BCUT2D eigenvalue weighted by molar-refractivity contribution is 0.569. The molecule has 1 aliphatic carbocycles. The smallest absolute Gasteiger partial charge is 0.250 e. The van der Waals surface area contributed by atoms with E-state index in [-0.39, 0.29) is 11.2 Å². The van der Waals surface area contributed by atoms with Gasteiger partial charge in [0.25, 0.3) is 0 Å². The van der Waals surface area contributed by atoms with Gasteiger partial charge >= 0.3 is 0 Å². The van der Waals surface area contributed by atoms with Crippen molar-refractivity contribution in [2.75, 3.05) is 6.54 Å². The number of aromatic amines is 1. The zero-order chi connectivity index (χ0) is 16.9. The van der Waals surface area contributed by atoms with Crippen LogP contribution >= 0.6 is 11.3 Å². The van der Waals surface area contributed by atoms with Gasteiger partial charge in [-0.2, -0.15) is 0 Å². The van der Waals surface area contributed by atoms with E-state index in [1.807, 2.05) is 13.1 Å². The van der Waals surface area contributed by atoms with Crippen molar-refractivity contribution in [3.8, 4) is 0 Å². The number of halogens is 1. The number of aryl methyl sites for hydroxylation is 1. The number of hydrogen-bond acceptors (Lipinski definition) is 3. The van der Waals surface area contributed by atoms with E-state index in [4.69, 9.17) is 0 Å². The van der Waals surface area contributed by atoms with E-state index in [1.54, 1.807) is 18.2 Å². The Morgan fingerprint density at radius 3 is 2.75 bits per heavy atom. The monoisotopic (exact) mass is 364 g/mol. The summed E-state index contributed by atoms with van der Waals surface area (Å²) in [5, 5.41) is 0.832. The van der Waals surface area contributed by atoms with Crippen molar-refractivity contribution in [1.82, 2.24) is 9.71 Å². The zero-order valence-electron chi connectivity index (χ0n) is 13.1. The van der Waals surface area contributed by atoms with Crippen LogP contribution in [0.4, 0.5) is 4.39 Å². The van der Waals surface area contributed by atoms with Crippen LogP contribution in [-0.2, 0) is 15.4 Å².